The Morgan fingerprint density at radius 2 is 1.52 bits per heavy atom. The fraction of sp³-hybridized carbons (Fsp3) is 0.120. The fourth-order valence-electron chi connectivity index (χ4n) is 3.60. The third-order valence-corrected chi connectivity index (χ3v) is 5.08. The Morgan fingerprint density at radius 1 is 0.897 bits per heavy atom. The third kappa shape index (κ3) is 3.97. The first-order valence-corrected chi connectivity index (χ1v) is 9.67. The summed E-state index contributed by atoms with van der Waals surface area (Å²) in [6, 6.07) is 27.6. The molecule has 0 aliphatic rings. The zero-order chi connectivity index (χ0) is 20.2. The number of aromatic nitrogens is 2. The summed E-state index contributed by atoms with van der Waals surface area (Å²) >= 11 is 0. The van der Waals surface area contributed by atoms with Crippen LogP contribution in [0.15, 0.2) is 84.9 Å². The van der Waals surface area contributed by atoms with Gasteiger partial charge in [-0.05, 0) is 24.1 Å². The van der Waals surface area contributed by atoms with E-state index in [0.717, 1.165) is 27.9 Å². The van der Waals surface area contributed by atoms with Gasteiger partial charge in [0, 0.05) is 23.2 Å². The molecule has 0 saturated heterocycles. The van der Waals surface area contributed by atoms with E-state index in [4.69, 9.17) is 10.8 Å². The average molecular weight is 381 g/mol. The number of Topliss-reactive ketones (excluding diaryl/α,β-unsaturated/α-hetero) is 1. The van der Waals surface area contributed by atoms with E-state index in [1.807, 2.05) is 96.5 Å². The van der Waals surface area contributed by atoms with E-state index in [1.165, 1.54) is 0 Å². The van der Waals surface area contributed by atoms with Crippen LogP contribution in [0.2, 0.25) is 0 Å². The molecule has 1 heterocycles. The van der Waals surface area contributed by atoms with Crippen molar-refractivity contribution >= 4 is 11.5 Å². The zero-order valence-corrected chi connectivity index (χ0v) is 16.4. The first-order chi connectivity index (χ1) is 14.1. The Kier molecular flexibility index (Phi) is 5.25. The minimum absolute atomic E-state index is 0.0195. The van der Waals surface area contributed by atoms with E-state index in [0.29, 0.717) is 17.9 Å². The molecule has 0 radical (unpaired) electrons. The van der Waals surface area contributed by atoms with Gasteiger partial charge in [0.1, 0.15) is 5.69 Å². The Balaban J connectivity index is 1.77. The quantitative estimate of drug-likeness (QED) is 0.381. The second kappa shape index (κ2) is 8.15. The lowest BCUT2D eigenvalue weighted by atomic mass is 10.0. The van der Waals surface area contributed by atoms with Gasteiger partial charge in [0.15, 0.2) is 5.78 Å². The maximum absolute atomic E-state index is 13.3. The number of nitrogens with zero attached hydrogens (tertiary/aromatic N) is 2. The smallest absolute Gasteiger partial charge is 0.185 e. The number of hydrogen-bond donors (Lipinski definition) is 1. The van der Waals surface area contributed by atoms with Crippen LogP contribution in [0.4, 0.5) is 5.69 Å². The molecule has 4 heteroatoms. The lowest BCUT2D eigenvalue weighted by Gasteiger charge is -2.09. The number of nitrogen functional groups attached to an aromatic ring is 1. The number of hydrogen-bond acceptors (Lipinski definition) is 3. The number of rotatable bonds is 6. The van der Waals surface area contributed by atoms with Crippen molar-refractivity contribution in [1.29, 1.82) is 0 Å². The topological polar surface area (TPSA) is 60.9 Å². The van der Waals surface area contributed by atoms with Gasteiger partial charge in [0.05, 0.1) is 12.2 Å². The molecule has 3 aromatic carbocycles. The summed E-state index contributed by atoms with van der Waals surface area (Å²) in [5.74, 6) is 0.0195. The first kappa shape index (κ1) is 18.7. The highest BCUT2D eigenvalue weighted by Crippen LogP contribution is 2.27. The highest BCUT2D eigenvalue weighted by Gasteiger charge is 2.22. The van der Waals surface area contributed by atoms with E-state index in [1.54, 1.807) is 0 Å². The van der Waals surface area contributed by atoms with Crippen LogP contribution in [0.25, 0.3) is 11.3 Å². The number of carbonyl (C=O) groups excluding carboxylic acids is 1. The molecular formula is C25H23N3O. The number of ketones is 1. The average Bonchev–Trinajstić information content (AvgIpc) is 3.07. The third-order valence-electron chi connectivity index (χ3n) is 5.08. The Morgan fingerprint density at radius 3 is 2.21 bits per heavy atom. The molecule has 144 valence electrons. The highest BCUT2D eigenvalue weighted by atomic mass is 16.1. The van der Waals surface area contributed by atoms with Gasteiger partial charge in [0.25, 0.3) is 0 Å². The molecule has 0 bridgehead atoms. The standard InChI is InChI=1S/C25H23N3O/c1-18-24(20-12-6-3-7-13-20)27-28(17-19-10-4-2-5-11-19)25(18)23(29)16-21-14-8-9-15-22(21)26/h2-15H,16-17,26H2,1H3. The van der Waals surface area contributed by atoms with Crippen molar-refractivity contribution in [3.63, 3.8) is 0 Å². The van der Waals surface area contributed by atoms with E-state index < -0.39 is 0 Å². The summed E-state index contributed by atoms with van der Waals surface area (Å²) in [7, 11) is 0. The normalized spacial score (nSPS) is 10.8. The molecule has 0 aliphatic heterocycles. The molecule has 4 rings (SSSR count). The van der Waals surface area contributed by atoms with Crippen molar-refractivity contribution in [2.45, 2.75) is 19.9 Å². The monoisotopic (exact) mass is 381 g/mol. The van der Waals surface area contributed by atoms with Crippen molar-refractivity contribution in [3.05, 3.63) is 107 Å². The molecule has 0 spiro atoms. The molecule has 4 nitrogen and oxygen atoms in total. The summed E-state index contributed by atoms with van der Waals surface area (Å²) < 4.78 is 1.83. The summed E-state index contributed by atoms with van der Waals surface area (Å²) in [4.78, 5) is 13.3. The molecule has 2 N–H and O–H groups in total. The van der Waals surface area contributed by atoms with Crippen molar-refractivity contribution in [1.82, 2.24) is 9.78 Å². The van der Waals surface area contributed by atoms with E-state index in [-0.39, 0.29) is 12.2 Å². The molecule has 29 heavy (non-hydrogen) atoms. The maximum atomic E-state index is 13.3. The minimum Gasteiger partial charge on any atom is -0.398 e. The molecule has 0 amide bonds. The van der Waals surface area contributed by atoms with E-state index in [2.05, 4.69) is 0 Å². The van der Waals surface area contributed by atoms with Crippen LogP contribution in [0.5, 0.6) is 0 Å². The molecular weight excluding hydrogens is 358 g/mol. The molecule has 0 saturated carbocycles. The summed E-state index contributed by atoms with van der Waals surface area (Å²) in [6.07, 6.45) is 0.252. The van der Waals surface area contributed by atoms with E-state index in [9.17, 15) is 4.79 Å². The van der Waals surface area contributed by atoms with Gasteiger partial charge in [-0.2, -0.15) is 5.10 Å². The Hall–Kier alpha value is -3.66. The predicted molar refractivity (Wildman–Crippen MR) is 117 cm³/mol. The predicted octanol–water partition coefficient (Wildman–Crippen LogP) is 4.91. The number of anilines is 1. The second-order valence-corrected chi connectivity index (χ2v) is 7.13. The van der Waals surface area contributed by atoms with Crippen LogP contribution in [-0.4, -0.2) is 15.6 Å². The van der Waals surface area contributed by atoms with Crippen molar-refractivity contribution in [2.24, 2.45) is 0 Å². The lowest BCUT2D eigenvalue weighted by Crippen LogP contribution is -2.15. The summed E-state index contributed by atoms with van der Waals surface area (Å²) in [5, 5.41) is 4.82. The number of nitrogens with two attached hydrogens (primary N) is 1. The molecule has 0 atom stereocenters. The van der Waals surface area contributed by atoms with Gasteiger partial charge >= 0.3 is 0 Å². The lowest BCUT2D eigenvalue weighted by molar-refractivity contribution is 0.0982. The summed E-state index contributed by atoms with van der Waals surface area (Å²) in [6.45, 7) is 2.51. The zero-order valence-electron chi connectivity index (χ0n) is 16.4. The van der Waals surface area contributed by atoms with Crippen LogP contribution >= 0.6 is 0 Å². The van der Waals surface area contributed by atoms with Crippen LogP contribution in [-0.2, 0) is 13.0 Å². The Labute approximate surface area is 170 Å². The molecule has 0 unspecified atom stereocenters. The number of para-hydroxylation sites is 1. The van der Waals surface area contributed by atoms with Crippen LogP contribution in [0, 0.1) is 6.92 Å². The molecule has 1 aromatic heterocycles. The van der Waals surface area contributed by atoms with Gasteiger partial charge in [0.2, 0.25) is 0 Å². The van der Waals surface area contributed by atoms with Gasteiger partial charge in [-0.3, -0.25) is 9.48 Å². The van der Waals surface area contributed by atoms with Crippen molar-refractivity contribution < 1.29 is 4.79 Å². The SMILES string of the molecule is Cc1c(-c2ccccc2)nn(Cc2ccccc2)c1C(=O)Cc1ccccc1N. The Bertz CT molecular complexity index is 1130. The van der Waals surface area contributed by atoms with E-state index >= 15 is 0 Å². The number of benzene rings is 3. The van der Waals surface area contributed by atoms with Crippen molar-refractivity contribution in [3.8, 4) is 11.3 Å². The largest absolute Gasteiger partial charge is 0.398 e. The molecule has 4 aromatic rings. The number of carbonyl (C=O) groups is 1. The van der Waals surface area contributed by atoms with Gasteiger partial charge in [-0.25, -0.2) is 0 Å². The molecule has 0 fully saturated rings. The second-order valence-electron chi connectivity index (χ2n) is 7.13. The van der Waals surface area contributed by atoms with Crippen LogP contribution in [0.3, 0.4) is 0 Å². The minimum atomic E-state index is 0.0195. The molecule has 0 aliphatic carbocycles. The highest BCUT2D eigenvalue weighted by molar-refractivity contribution is 5.99. The maximum Gasteiger partial charge on any atom is 0.185 e. The van der Waals surface area contributed by atoms with Gasteiger partial charge in [-0.1, -0.05) is 78.9 Å². The fourth-order valence-corrected chi connectivity index (χ4v) is 3.60. The van der Waals surface area contributed by atoms with Gasteiger partial charge < -0.3 is 5.73 Å². The first-order valence-electron chi connectivity index (χ1n) is 9.67. The van der Waals surface area contributed by atoms with Crippen molar-refractivity contribution in [2.75, 3.05) is 5.73 Å². The van der Waals surface area contributed by atoms with Crippen LogP contribution < -0.4 is 5.73 Å². The van der Waals surface area contributed by atoms with Crippen LogP contribution in [0.1, 0.15) is 27.2 Å². The summed E-state index contributed by atoms with van der Waals surface area (Å²) in [5.41, 5.74) is 12.0. The van der Waals surface area contributed by atoms with Gasteiger partial charge in [-0.15, -0.1) is 0 Å².